The summed E-state index contributed by atoms with van der Waals surface area (Å²) < 4.78 is 5.17. The molecule has 0 aliphatic carbocycles. The number of aromatic nitrogens is 1. The number of ether oxygens (including phenoxy) is 1. The smallest absolute Gasteiger partial charge is 0.295 e. The summed E-state index contributed by atoms with van der Waals surface area (Å²) in [7, 11) is 1.43. The number of aromatic amines is 1. The molecule has 3 aromatic rings. The number of benzene rings is 2. The quantitative estimate of drug-likeness (QED) is 0.286. The summed E-state index contributed by atoms with van der Waals surface area (Å²) in [6.07, 6.45) is 0.658. The molecule has 166 valence electrons. The third-order valence-electron chi connectivity index (χ3n) is 5.70. The number of carbonyl (C=O) groups is 2. The minimum absolute atomic E-state index is 0.00797. The molecule has 8 heteroatoms. The lowest BCUT2D eigenvalue weighted by Gasteiger charge is -2.25. The van der Waals surface area contributed by atoms with Crippen molar-refractivity contribution in [2.24, 2.45) is 0 Å². The number of Topliss-reactive ketones (excluding diaryl/α,β-unsaturated/α-hetero) is 1. The molecule has 0 bridgehead atoms. The number of amides is 1. The average molecular weight is 473 g/mol. The Morgan fingerprint density at radius 3 is 2.47 bits per heavy atom. The standard InChI is InChI=1S/C24H22Cl2N2O4/c1-4-9-28-20(18-12(2)27-17-8-6-5-7-14(17)18)19(22(30)24(28)31)21(29)13-10-15(25)23(32-3)16(26)11-13/h5-8,10-11,20,27,29H,4,9H2,1-3H3/b21-19+. The van der Waals surface area contributed by atoms with E-state index in [1.54, 1.807) is 0 Å². The van der Waals surface area contributed by atoms with E-state index in [2.05, 4.69) is 4.98 Å². The zero-order valence-corrected chi connectivity index (χ0v) is 19.3. The number of nitrogens with zero attached hydrogens (tertiary/aromatic N) is 1. The first-order valence-electron chi connectivity index (χ1n) is 10.2. The summed E-state index contributed by atoms with van der Waals surface area (Å²) in [6, 6.07) is 9.86. The molecule has 4 rings (SSSR count). The maximum Gasteiger partial charge on any atom is 0.295 e. The second kappa shape index (κ2) is 8.52. The number of fused-ring (bicyclic) bond motifs is 1. The number of hydrogen-bond acceptors (Lipinski definition) is 4. The van der Waals surface area contributed by atoms with E-state index in [0.717, 1.165) is 22.2 Å². The summed E-state index contributed by atoms with van der Waals surface area (Å²) >= 11 is 12.5. The largest absolute Gasteiger partial charge is 0.507 e. The molecule has 1 atom stereocenters. The molecule has 1 aromatic heterocycles. The van der Waals surface area contributed by atoms with Crippen LogP contribution in [-0.2, 0) is 9.59 Å². The second-order valence-corrected chi connectivity index (χ2v) is 8.49. The Kier molecular flexibility index (Phi) is 5.93. The number of carbonyl (C=O) groups excluding carboxylic acids is 2. The normalized spacial score (nSPS) is 18.0. The number of H-pyrrole nitrogens is 1. The van der Waals surface area contributed by atoms with Crippen LogP contribution in [0.15, 0.2) is 42.0 Å². The Morgan fingerprint density at radius 2 is 1.84 bits per heavy atom. The van der Waals surface area contributed by atoms with Gasteiger partial charge in [-0.15, -0.1) is 0 Å². The fourth-order valence-electron chi connectivity index (χ4n) is 4.35. The van der Waals surface area contributed by atoms with E-state index in [9.17, 15) is 14.7 Å². The van der Waals surface area contributed by atoms with Crippen LogP contribution in [0.1, 0.15) is 36.2 Å². The number of hydrogen-bond donors (Lipinski definition) is 2. The van der Waals surface area contributed by atoms with Crippen LogP contribution in [0.2, 0.25) is 10.0 Å². The minimum Gasteiger partial charge on any atom is -0.507 e. The van der Waals surface area contributed by atoms with Crippen LogP contribution in [0.5, 0.6) is 5.75 Å². The van der Waals surface area contributed by atoms with Crippen LogP contribution in [0.4, 0.5) is 0 Å². The van der Waals surface area contributed by atoms with E-state index in [1.165, 1.54) is 24.1 Å². The highest BCUT2D eigenvalue weighted by molar-refractivity contribution is 6.47. The van der Waals surface area contributed by atoms with Crippen molar-refractivity contribution in [1.29, 1.82) is 0 Å². The number of likely N-dealkylation sites (tertiary alicyclic amines) is 1. The molecular weight excluding hydrogens is 451 g/mol. The fourth-order valence-corrected chi connectivity index (χ4v) is 4.99. The van der Waals surface area contributed by atoms with Crippen LogP contribution in [0.3, 0.4) is 0 Å². The van der Waals surface area contributed by atoms with Crippen molar-refractivity contribution >= 4 is 51.6 Å². The topological polar surface area (TPSA) is 82.6 Å². The van der Waals surface area contributed by atoms with Crippen molar-refractivity contribution in [1.82, 2.24) is 9.88 Å². The van der Waals surface area contributed by atoms with Gasteiger partial charge in [-0.1, -0.05) is 48.3 Å². The van der Waals surface area contributed by atoms with Gasteiger partial charge in [0.05, 0.1) is 28.8 Å². The molecule has 0 saturated carbocycles. The third kappa shape index (κ3) is 3.44. The van der Waals surface area contributed by atoms with Crippen molar-refractivity contribution in [3.8, 4) is 5.75 Å². The van der Waals surface area contributed by atoms with Crippen LogP contribution in [0.25, 0.3) is 16.7 Å². The third-order valence-corrected chi connectivity index (χ3v) is 6.26. The van der Waals surface area contributed by atoms with E-state index < -0.39 is 17.7 Å². The molecule has 32 heavy (non-hydrogen) atoms. The first-order chi connectivity index (χ1) is 15.3. The van der Waals surface area contributed by atoms with Gasteiger partial charge in [0.25, 0.3) is 11.7 Å². The van der Waals surface area contributed by atoms with Crippen molar-refractivity contribution in [2.75, 3.05) is 13.7 Å². The average Bonchev–Trinajstić information content (AvgIpc) is 3.21. The molecular formula is C24H22Cl2N2O4. The lowest BCUT2D eigenvalue weighted by Crippen LogP contribution is -2.30. The highest BCUT2D eigenvalue weighted by atomic mass is 35.5. The van der Waals surface area contributed by atoms with Gasteiger partial charge in [-0.05, 0) is 31.5 Å². The second-order valence-electron chi connectivity index (χ2n) is 7.67. The molecule has 2 heterocycles. The molecule has 1 fully saturated rings. The van der Waals surface area contributed by atoms with E-state index in [0.29, 0.717) is 13.0 Å². The molecule has 0 spiro atoms. The molecule has 6 nitrogen and oxygen atoms in total. The molecule has 0 radical (unpaired) electrons. The van der Waals surface area contributed by atoms with Gasteiger partial charge in [-0.3, -0.25) is 9.59 Å². The van der Waals surface area contributed by atoms with Crippen LogP contribution < -0.4 is 4.74 Å². The highest BCUT2D eigenvalue weighted by Crippen LogP contribution is 2.44. The number of aryl methyl sites for hydroxylation is 1. The van der Waals surface area contributed by atoms with Crippen molar-refractivity contribution < 1.29 is 19.4 Å². The first kappa shape index (κ1) is 22.2. The predicted octanol–water partition coefficient (Wildman–Crippen LogP) is 5.62. The van der Waals surface area contributed by atoms with Gasteiger partial charge in [-0.2, -0.15) is 0 Å². The molecule has 1 aliphatic heterocycles. The van der Waals surface area contributed by atoms with Gasteiger partial charge in [0.15, 0.2) is 5.75 Å². The Hall–Kier alpha value is -2.96. The van der Waals surface area contributed by atoms with E-state index in [-0.39, 0.29) is 32.7 Å². The SMILES string of the molecule is CCCN1C(=O)C(=O)/C(=C(/O)c2cc(Cl)c(OC)c(Cl)c2)C1c1c(C)[nH]c2ccccc12. The van der Waals surface area contributed by atoms with E-state index in [4.69, 9.17) is 27.9 Å². The molecule has 1 aliphatic rings. The number of aliphatic hydroxyl groups excluding tert-OH is 1. The monoisotopic (exact) mass is 472 g/mol. The minimum atomic E-state index is -0.745. The van der Waals surface area contributed by atoms with Gasteiger partial charge < -0.3 is 19.7 Å². The lowest BCUT2D eigenvalue weighted by molar-refractivity contribution is -0.139. The van der Waals surface area contributed by atoms with Crippen LogP contribution in [0, 0.1) is 6.92 Å². The van der Waals surface area contributed by atoms with Gasteiger partial charge in [0, 0.05) is 34.3 Å². The van der Waals surface area contributed by atoms with Gasteiger partial charge in [0.2, 0.25) is 0 Å². The lowest BCUT2D eigenvalue weighted by atomic mass is 9.93. The number of ketones is 1. The van der Waals surface area contributed by atoms with E-state index >= 15 is 0 Å². The first-order valence-corrected chi connectivity index (χ1v) is 10.9. The summed E-state index contributed by atoms with van der Waals surface area (Å²) in [5.74, 6) is -1.45. The fraction of sp³-hybridized carbons (Fsp3) is 0.250. The summed E-state index contributed by atoms with van der Waals surface area (Å²) in [6.45, 7) is 4.19. The summed E-state index contributed by atoms with van der Waals surface area (Å²) in [4.78, 5) is 31.0. The maximum absolute atomic E-state index is 13.1. The molecule has 1 unspecified atom stereocenters. The number of para-hydroxylation sites is 1. The predicted molar refractivity (Wildman–Crippen MR) is 125 cm³/mol. The molecule has 1 saturated heterocycles. The van der Waals surface area contributed by atoms with Gasteiger partial charge in [0.1, 0.15) is 5.76 Å². The van der Waals surface area contributed by atoms with Gasteiger partial charge >= 0.3 is 0 Å². The number of halogens is 2. The number of methoxy groups -OCH3 is 1. The number of aliphatic hydroxyl groups is 1. The van der Waals surface area contributed by atoms with Crippen molar-refractivity contribution in [3.63, 3.8) is 0 Å². The molecule has 2 N–H and O–H groups in total. The Labute approximate surface area is 195 Å². The zero-order valence-electron chi connectivity index (χ0n) is 17.8. The van der Waals surface area contributed by atoms with Crippen LogP contribution in [-0.4, -0.2) is 40.3 Å². The van der Waals surface area contributed by atoms with E-state index in [1.807, 2.05) is 38.1 Å². The number of rotatable bonds is 5. The summed E-state index contributed by atoms with van der Waals surface area (Å²) in [5.41, 5.74) is 2.72. The molecule has 1 amide bonds. The Bertz CT molecular complexity index is 1260. The number of nitrogens with one attached hydrogen (secondary N) is 1. The zero-order chi connectivity index (χ0) is 23.2. The Morgan fingerprint density at radius 1 is 1.19 bits per heavy atom. The maximum atomic E-state index is 13.1. The van der Waals surface area contributed by atoms with Crippen molar-refractivity contribution in [3.05, 3.63) is 68.8 Å². The molecule has 2 aromatic carbocycles. The van der Waals surface area contributed by atoms with Gasteiger partial charge in [-0.25, -0.2) is 0 Å². The van der Waals surface area contributed by atoms with Crippen molar-refractivity contribution in [2.45, 2.75) is 26.3 Å². The van der Waals surface area contributed by atoms with Crippen LogP contribution >= 0.6 is 23.2 Å². The highest BCUT2D eigenvalue weighted by Gasteiger charge is 2.47. The summed E-state index contributed by atoms with van der Waals surface area (Å²) in [5, 5.41) is 12.5. The Balaban J connectivity index is 1.99.